The van der Waals surface area contributed by atoms with E-state index in [-0.39, 0.29) is 0 Å². The first kappa shape index (κ1) is 12.3. The number of hydrogen-bond donors (Lipinski definition) is 0. The van der Waals surface area contributed by atoms with Crippen LogP contribution in [-0.2, 0) is 0 Å². The molecule has 1 heteroatoms. The Morgan fingerprint density at radius 3 is 2.53 bits per heavy atom. The van der Waals surface area contributed by atoms with E-state index in [1.54, 1.807) is 0 Å². The molecule has 1 aromatic carbocycles. The summed E-state index contributed by atoms with van der Waals surface area (Å²) in [5.74, 6) is 1.13. The number of rotatable bonds is 3. The van der Waals surface area contributed by atoms with Gasteiger partial charge in [-0.3, -0.25) is 0 Å². The molecule has 0 N–H and O–H groups in total. The van der Waals surface area contributed by atoms with Gasteiger partial charge in [-0.15, -0.1) is 11.6 Å². The fourth-order valence-corrected chi connectivity index (χ4v) is 1.88. The average Bonchev–Trinajstić information content (AvgIpc) is 2.19. The van der Waals surface area contributed by atoms with Crippen molar-refractivity contribution in [3.05, 3.63) is 40.5 Å². The van der Waals surface area contributed by atoms with Gasteiger partial charge in [0.15, 0.2) is 0 Å². The predicted octanol–water partition coefficient (Wildman–Crippen LogP) is 4.58. The van der Waals surface area contributed by atoms with Crippen molar-refractivity contribution in [1.82, 2.24) is 0 Å². The molecule has 0 atom stereocenters. The predicted molar refractivity (Wildman–Crippen MR) is 69.5 cm³/mol. The number of aryl methyl sites for hydroxylation is 1. The van der Waals surface area contributed by atoms with Crippen molar-refractivity contribution in [2.75, 3.05) is 5.88 Å². The van der Waals surface area contributed by atoms with E-state index < -0.39 is 0 Å². The standard InChI is InChI=1S/C14H19Cl/c1-10(2)14(9-15)8-13-7-5-6-11(3)12(13)4/h5-8,10H,9H2,1-4H3/b14-8+. The minimum absolute atomic E-state index is 0.516. The number of benzene rings is 1. The molecule has 0 saturated heterocycles. The number of hydrogen-bond acceptors (Lipinski definition) is 0. The van der Waals surface area contributed by atoms with Crippen LogP contribution in [0.4, 0.5) is 0 Å². The molecule has 0 bridgehead atoms. The second-order valence-electron chi connectivity index (χ2n) is 4.30. The van der Waals surface area contributed by atoms with Gasteiger partial charge in [0.25, 0.3) is 0 Å². The van der Waals surface area contributed by atoms with E-state index in [9.17, 15) is 0 Å². The smallest absolute Gasteiger partial charge is 0.0439 e. The third-order valence-corrected chi connectivity index (χ3v) is 3.19. The van der Waals surface area contributed by atoms with Crippen molar-refractivity contribution < 1.29 is 0 Å². The number of alkyl halides is 1. The Bertz CT molecular complexity index is 362. The quantitative estimate of drug-likeness (QED) is 0.657. The van der Waals surface area contributed by atoms with E-state index in [4.69, 9.17) is 11.6 Å². The van der Waals surface area contributed by atoms with E-state index in [2.05, 4.69) is 52.0 Å². The van der Waals surface area contributed by atoms with E-state index in [1.807, 2.05) is 0 Å². The van der Waals surface area contributed by atoms with Gasteiger partial charge in [-0.25, -0.2) is 0 Å². The fraction of sp³-hybridized carbons (Fsp3) is 0.429. The van der Waals surface area contributed by atoms with Crippen LogP contribution in [0, 0.1) is 19.8 Å². The molecule has 82 valence electrons. The lowest BCUT2D eigenvalue weighted by molar-refractivity contribution is 0.778. The maximum atomic E-state index is 5.94. The minimum Gasteiger partial charge on any atom is -0.122 e. The molecular formula is C14H19Cl. The monoisotopic (exact) mass is 222 g/mol. The van der Waals surface area contributed by atoms with Crippen molar-refractivity contribution in [1.29, 1.82) is 0 Å². The first-order valence-electron chi connectivity index (χ1n) is 5.39. The van der Waals surface area contributed by atoms with Gasteiger partial charge >= 0.3 is 0 Å². The summed E-state index contributed by atoms with van der Waals surface area (Å²) in [6.07, 6.45) is 2.22. The van der Waals surface area contributed by atoms with Crippen LogP contribution in [0.3, 0.4) is 0 Å². The third-order valence-electron chi connectivity index (χ3n) is 2.88. The zero-order valence-corrected chi connectivity index (χ0v) is 10.7. The van der Waals surface area contributed by atoms with Gasteiger partial charge in [0.2, 0.25) is 0 Å². The van der Waals surface area contributed by atoms with Crippen LogP contribution in [0.1, 0.15) is 30.5 Å². The van der Waals surface area contributed by atoms with Crippen LogP contribution in [0.25, 0.3) is 6.08 Å². The van der Waals surface area contributed by atoms with Crippen LogP contribution >= 0.6 is 11.6 Å². The highest BCUT2D eigenvalue weighted by Crippen LogP contribution is 2.20. The lowest BCUT2D eigenvalue weighted by Gasteiger charge is -2.10. The third kappa shape index (κ3) is 3.10. The number of halogens is 1. The summed E-state index contributed by atoms with van der Waals surface area (Å²) >= 11 is 5.94. The van der Waals surface area contributed by atoms with Crippen molar-refractivity contribution in [3.8, 4) is 0 Å². The first-order valence-corrected chi connectivity index (χ1v) is 5.92. The van der Waals surface area contributed by atoms with Crippen molar-refractivity contribution in [2.45, 2.75) is 27.7 Å². The summed E-state index contributed by atoms with van der Waals surface area (Å²) in [7, 11) is 0. The van der Waals surface area contributed by atoms with Crippen LogP contribution in [-0.4, -0.2) is 5.88 Å². The van der Waals surface area contributed by atoms with Crippen molar-refractivity contribution in [2.24, 2.45) is 5.92 Å². The fourth-order valence-electron chi connectivity index (χ4n) is 1.49. The SMILES string of the molecule is Cc1cccc(/C=C(\CCl)C(C)C)c1C. The Balaban J connectivity index is 3.11. The normalized spacial score (nSPS) is 12.3. The summed E-state index contributed by atoms with van der Waals surface area (Å²) in [6.45, 7) is 8.66. The molecule has 0 nitrogen and oxygen atoms in total. The minimum atomic E-state index is 0.516. The summed E-state index contributed by atoms with van der Waals surface area (Å²) in [5.41, 5.74) is 5.27. The molecule has 1 rings (SSSR count). The zero-order valence-electron chi connectivity index (χ0n) is 9.97. The molecule has 0 unspecified atom stereocenters. The largest absolute Gasteiger partial charge is 0.122 e. The van der Waals surface area contributed by atoms with E-state index in [1.165, 1.54) is 22.3 Å². The van der Waals surface area contributed by atoms with Gasteiger partial charge in [0.1, 0.15) is 0 Å². The molecule has 1 aromatic rings. The highest BCUT2D eigenvalue weighted by atomic mass is 35.5. The first-order chi connectivity index (χ1) is 7.06. The molecule has 0 spiro atoms. The van der Waals surface area contributed by atoms with Gasteiger partial charge in [-0.2, -0.15) is 0 Å². The van der Waals surface area contributed by atoms with E-state index in [0.29, 0.717) is 11.8 Å². The highest BCUT2D eigenvalue weighted by molar-refractivity contribution is 6.19. The highest BCUT2D eigenvalue weighted by Gasteiger charge is 2.03. The molecule has 0 aliphatic heterocycles. The molecule has 0 amide bonds. The molecule has 0 fully saturated rings. The van der Waals surface area contributed by atoms with Crippen molar-refractivity contribution >= 4 is 17.7 Å². The molecule has 0 aromatic heterocycles. The van der Waals surface area contributed by atoms with E-state index in [0.717, 1.165) is 0 Å². The van der Waals surface area contributed by atoms with Crippen LogP contribution in [0.15, 0.2) is 23.8 Å². The Morgan fingerprint density at radius 1 is 1.33 bits per heavy atom. The van der Waals surface area contributed by atoms with Crippen molar-refractivity contribution in [3.63, 3.8) is 0 Å². The second kappa shape index (κ2) is 5.37. The Kier molecular flexibility index (Phi) is 4.41. The number of allylic oxidation sites excluding steroid dienone is 1. The molecule has 0 radical (unpaired) electrons. The molecule has 0 saturated carbocycles. The lowest BCUT2D eigenvalue weighted by Crippen LogP contribution is -1.96. The topological polar surface area (TPSA) is 0 Å². The van der Waals surface area contributed by atoms with Crippen LogP contribution in [0.2, 0.25) is 0 Å². The van der Waals surface area contributed by atoms with Gasteiger partial charge < -0.3 is 0 Å². The summed E-state index contributed by atoms with van der Waals surface area (Å²) in [6, 6.07) is 6.39. The molecule has 15 heavy (non-hydrogen) atoms. The Labute approximate surface area is 98.0 Å². The summed E-state index contributed by atoms with van der Waals surface area (Å²) < 4.78 is 0. The average molecular weight is 223 g/mol. The van der Waals surface area contributed by atoms with Crippen LogP contribution in [0.5, 0.6) is 0 Å². The molecule has 0 aliphatic rings. The van der Waals surface area contributed by atoms with Gasteiger partial charge in [-0.05, 0) is 36.5 Å². The van der Waals surface area contributed by atoms with E-state index >= 15 is 0 Å². The Morgan fingerprint density at radius 2 is 2.00 bits per heavy atom. The second-order valence-corrected chi connectivity index (χ2v) is 4.56. The van der Waals surface area contributed by atoms with Crippen LogP contribution < -0.4 is 0 Å². The summed E-state index contributed by atoms with van der Waals surface area (Å²) in [4.78, 5) is 0. The molecular weight excluding hydrogens is 204 g/mol. The summed E-state index contributed by atoms with van der Waals surface area (Å²) in [5, 5.41) is 0. The van der Waals surface area contributed by atoms with Gasteiger partial charge in [0.05, 0.1) is 0 Å². The van der Waals surface area contributed by atoms with Gasteiger partial charge in [0, 0.05) is 5.88 Å². The maximum absolute atomic E-state index is 5.94. The molecule has 0 heterocycles. The maximum Gasteiger partial charge on any atom is 0.0439 e. The zero-order chi connectivity index (χ0) is 11.4. The van der Waals surface area contributed by atoms with Gasteiger partial charge in [-0.1, -0.05) is 43.7 Å². The molecule has 0 aliphatic carbocycles. The lowest BCUT2D eigenvalue weighted by atomic mass is 9.97. The Hall–Kier alpha value is -0.750.